The highest BCUT2D eigenvalue weighted by Crippen LogP contribution is 2.56. The highest BCUT2D eigenvalue weighted by Gasteiger charge is 2.29. The zero-order chi connectivity index (χ0) is 59.0. The third kappa shape index (κ3) is 7.07. The van der Waals surface area contributed by atoms with Crippen molar-refractivity contribution in [2.45, 2.75) is 13.8 Å². The van der Waals surface area contributed by atoms with Gasteiger partial charge in [0.05, 0.1) is 0 Å². The molecule has 0 N–H and O–H groups in total. The predicted molar refractivity (Wildman–Crippen MR) is 392 cm³/mol. The van der Waals surface area contributed by atoms with Crippen LogP contribution >= 0.6 is 0 Å². The van der Waals surface area contributed by atoms with Crippen LogP contribution in [0.2, 0.25) is 0 Å². The summed E-state index contributed by atoms with van der Waals surface area (Å²) in [5.41, 5.74) is 10.2. The van der Waals surface area contributed by atoms with Gasteiger partial charge in [-0.25, -0.2) is 0 Å². The zero-order valence-corrected chi connectivity index (χ0v) is 49.7. The van der Waals surface area contributed by atoms with Crippen molar-refractivity contribution in [3.63, 3.8) is 0 Å². The highest BCUT2D eigenvalue weighted by molar-refractivity contribution is 6.38. The monoisotopic (exact) mass is 1130 g/mol. The first-order chi connectivity index (χ1) is 44.4. The number of rotatable bonds is 3. The van der Waals surface area contributed by atoms with Crippen LogP contribution in [0.1, 0.15) is 11.1 Å². The summed E-state index contributed by atoms with van der Waals surface area (Å²) in [4.78, 5) is 0. The van der Waals surface area contributed by atoms with Gasteiger partial charge in [-0.2, -0.15) is 0 Å². The van der Waals surface area contributed by atoms with E-state index < -0.39 is 0 Å². The lowest BCUT2D eigenvalue weighted by molar-refractivity contribution is 1.60. The first kappa shape index (κ1) is 49.7. The minimum absolute atomic E-state index is 1.21. The standard InChI is InChI=1S/C90H54/c1-51-69-35-53-19-3-7-23-57(53)39-73(69)85(74-40-58-24-8-4-20-54(58)36-70(51)74)87-77-43-61-27-11-15-31-65(61)47-81(77)89(82-48-66-32-16-12-28-62(66)44-78(82)87)90-83-49-67-33-17-13-29-63(67)45-79(83)88(80-46-64-30-14-18-34-68(64)50-84(80)90)86-75-41-59-25-9-5-21-55(59)37-71(75)52(2)72-38-56-22-6-10-26-60(56)42-76(72)86/h3-50H,1-2H3. The Morgan fingerprint density at radius 2 is 0.211 bits per heavy atom. The summed E-state index contributed by atoms with van der Waals surface area (Å²) in [6.45, 7) is 4.69. The van der Waals surface area contributed by atoms with Crippen molar-refractivity contribution in [2.75, 3.05) is 0 Å². The van der Waals surface area contributed by atoms with Crippen LogP contribution in [0, 0.1) is 13.8 Å². The molecule has 0 aromatic heterocycles. The lowest BCUT2D eigenvalue weighted by Crippen LogP contribution is -1.98. The highest BCUT2D eigenvalue weighted by atomic mass is 14.3. The minimum atomic E-state index is 1.21. The maximum Gasteiger partial charge on any atom is -0.00134 e. The molecule has 90 heavy (non-hydrogen) atoms. The van der Waals surface area contributed by atoms with Gasteiger partial charge < -0.3 is 0 Å². The summed E-state index contributed by atoms with van der Waals surface area (Å²) < 4.78 is 0. The van der Waals surface area contributed by atoms with E-state index in [0.29, 0.717) is 0 Å². The molecule has 0 aliphatic heterocycles. The molecule has 0 heterocycles. The van der Waals surface area contributed by atoms with Gasteiger partial charge in [0, 0.05) is 0 Å². The summed E-state index contributed by atoms with van der Waals surface area (Å²) in [7, 11) is 0. The molecule has 0 unspecified atom stereocenters. The second kappa shape index (κ2) is 18.5. The molecular weight excluding hydrogens is 1080 g/mol. The molecule has 0 saturated carbocycles. The molecule has 0 spiro atoms. The van der Waals surface area contributed by atoms with Gasteiger partial charge in [-0.1, -0.05) is 194 Å². The summed E-state index contributed by atoms with van der Waals surface area (Å²) in [6, 6.07) is 112. The molecule has 20 aromatic carbocycles. The Hall–Kier alpha value is -11.4. The molecule has 0 bridgehead atoms. The smallest absolute Gasteiger partial charge is 0.00134 e. The maximum atomic E-state index is 2.55. The average Bonchev–Trinajstić information content (AvgIpc) is 0.736. The van der Waals surface area contributed by atoms with Crippen molar-refractivity contribution >= 4 is 172 Å². The second-order valence-corrected chi connectivity index (χ2v) is 25.5. The molecule has 20 aromatic rings. The van der Waals surface area contributed by atoms with Crippen LogP contribution in [0.15, 0.2) is 291 Å². The molecule has 0 heteroatoms. The molecule has 0 aliphatic carbocycles. The molecule has 0 nitrogen and oxygen atoms in total. The molecule has 0 saturated heterocycles. The van der Waals surface area contributed by atoms with Crippen molar-refractivity contribution in [3.8, 4) is 33.4 Å². The van der Waals surface area contributed by atoms with Crippen LogP contribution in [0.25, 0.3) is 206 Å². The molecule has 0 amide bonds. The quantitative estimate of drug-likeness (QED) is 0.155. The van der Waals surface area contributed by atoms with E-state index in [-0.39, 0.29) is 0 Å². The summed E-state index contributed by atoms with van der Waals surface area (Å²) in [5.74, 6) is 0. The summed E-state index contributed by atoms with van der Waals surface area (Å²) in [5, 5.41) is 39.7. The lowest BCUT2D eigenvalue weighted by atomic mass is 9.77. The van der Waals surface area contributed by atoms with Gasteiger partial charge in [-0.15, -0.1) is 0 Å². The maximum absolute atomic E-state index is 2.55. The van der Waals surface area contributed by atoms with Gasteiger partial charge in [0.1, 0.15) is 0 Å². The van der Waals surface area contributed by atoms with Crippen LogP contribution in [0.5, 0.6) is 0 Å². The third-order valence-electron chi connectivity index (χ3n) is 20.7. The fraction of sp³-hybridized carbons (Fsp3) is 0.0222. The molecule has 0 radical (unpaired) electrons. The zero-order valence-electron chi connectivity index (χ0n) is 49.7. The molecule has 20 rings (SSSR count). The van der Waals surface area contributed by atoms with E-state index in [1.165, 1.54) is 217 Å². The van der Waals surface area contributed by atoms with Crippen LogP contribution in [-0.2, 0) is 0 Å². The predicted octanol–water partition coefficient (Wildman–Crippen LogP) is 25.8. The Labute approximate surface area is 518 Å². The van der Waals surface area contributed by atoms with Gasteiger partial charge in [0.2, 0.25) is 0 Å². The topological polar surface area (TPSA) is 0 Å². The first-order valence-electron chi connectivity index (χ1n) is 31.6. The largest absolute Gasteiger partial charge is 0.0616 e. The summed E-state index contributed by atoms with van der Waals surface area (Å²) in [6.07, 6.45) is 0. The minimum Gasteiger partial charge on any atom is -0.0616 e. The molecular formula is C90H54. The fourth-order valence-electron chi connectivity index (χ4n) is 16.4. The van der Waals surface area contributed by atoms with E-state index in [1.54, 1.807) is 0 Å². The molecule has 0 atom stereocenters. The van der Waals surface area contributed by atoms with E-state index >= 15 is 0 Å². The van der Waals surface area contributed by atoms with Crippen LogP contribution in [0.4, 0.5) is 0 Å². The van der Waals surface area contributed by atoms with Gasteiger partial charge in [-0.3, -0.25) is 0 Å². The van der Waals surface area contributed by atoms with E-state index in [0.717, 1.165) is 0 Å². The van der Waals surface area contributed by atoms with Crippen molar-refractivity contribution in [1.82, 2.24) is 0 Å². The van der Waals surface area contributed by atoms with E-state index in [4.69, 9.17) is 0 Å². The third-order valence-corrected chi connectivity index (χ3v) is 20.7. The van der Waals surface area contributed by atoms with Crippen molar-refractivity contribution in [2.24, 2.45) is 0 Å². The van der Waals surface area contributed by atoms with Crippen LogP contribution < -0.4 is 0 Å². The number of fused-ring (bicyclic) bond motifs is 16. The van der Waals surface area contributed by atoms with Crippen LogP contribution in [0.3, 0.4) is 0 Å². The second-order valence-electron chi connectivity index (χ2n) is 25.5. The Morgan fingerprint density at radius 3 is 0.322 bits per heavy atom. The SMILES string of the molecule is Cc1c2cc3ccccc3cc2c(-c2c3cc4ccccc4cc3c(-c3c4cc5ccccc5cc4c(-c4c5cc6ccccc6cc5c(C)c5cc6ccccc6cc45)c4cc5ccccc5cc34)c3cc4ccccc4cc23)c2cc3ccccc3cc12. The summed E-state index contributed by atoms with van der Waals surface area (Å²) >= 11 is 0. The normalized spacial score (nSPS) is 12.3. The fourth-order valence-corrected chi connectivity index (χ4v) is 16.4. The number of hydrogen-bond acceptors (Lipinski definition) is 0. The Balaban J connectivity index is 1.05. The van der Waals surface area contributed by atoms with Crippen LogP contribution in [-0.4, -0.2) is 0 Å². The first-order valence-corrected chi connectivity index (χ1v) is 31.6. The van der Waals surface area contributed by atoms with Crippen molar-refractivity contribution in [1.29, 1.82) is 0 Å². The number of aryl methyl sites for hydroxylation is 2. The lowest BCUT2D eigenvalue weighted by Gasteiger charge is -2.26. The van der Waals surface area contributed by atoms with E-state index in [2.05, 4.69) is 305 Å². The van der Waals surface area contributed by atoms with E-state index in [9.17, 15) is 0 Å². The van der Waals surface area contributed by atoms with Gasteiger partial charge in [-0.05, 0) is 328 Å². The number of hydrogen-bond donors (Lipinski definition) is 0. The Bertz CT molecular complexity index is 5870. The van der Waals surface area contributed by atoms with Gasteiger partial charge in [0.25, 0.3) is 0 Å². The van der Waals surface area contributed by atoms with Gasteiger partial charge in [0.15, 0.2) is 0 Å². The Kier molecular flexibility index (Phi) is 10.2. The average molecular weight is 1140 g/mol. The van der Waals surface area contributed by atoms with Crippen molar-refractivity contribution < 1.29 is 0 Å². The Morgan fingerprint density at radius 1 is 0.122 bits per heavy atom. The van der Waals surface area contributed by atoms with Gasteiger partial charge >= 0.3 is 0 Å². The van der Waals surface area contributed by atoms with Crippen molar-refractivity contribution in [3.05, 3.63) is 302 Å². The number of benzene rings is 20. The molecule has 414 valence electrons. The van der Waals surface area contributed by atoms with E-state index in [1.807, 2.05) is 0 Å². The molecule has 0 fully saturated rings. The molecule has 0 aliphatic rings.